The smallest absolute Gasteiger partial charge is 0.391 e. The van der Waals surface area contributed by atoms with Crippen LogP contribution in [0.4, 0.5) is 13.2 Å². The Hall–Kier alpha value is -1.53. The third-order valence-electron chi connectivity index (χ3n) is 3.33. The van der Waals surface area contributed by atoms with Gasteiger partial charge in [-0.3, -0.25) is 4.79 Å². The molecule has 0 saturated carbocycles. The Morgan fingerprint density at radius 3 is 2.45 bits per heavy atom. The summed E-state index contributed by atoms with van der Waals surface area (Å²) in [7, 11) is 0.990. The van der Waals surface area contributed by atoms with Crippen LogP contribution in [-0.2, 0) is 14.3 Å². The van der Waals surface area contributed by atoms with Gasteiger partial charge in [0, 0.05) is 5.92 Å². The molecule has 0 aromatic heterocycles. The molecule has 1 amide bonds. The number of methoxy groups -OCH3 is 1. The summed E-state index contributed by atoms with van der Waals surface area (Å²) >= 11 is 0. The highest BCUT2D eigenvalue weighted by Crippen LogP contribution is 2.26. The maximum Gasteiger partial charge on any atom is 0.391 e. The second-order valence-electron chi connectivity index (χ2n) is 4.93. The molecule has 1 aliphatic carbocycles. The van der Waals surface area contributed by atoms with Gasteiger partial charge in [-0.05, 0) is 18.8 Å². The Labute approximate surface area is 115 Å². The van der Waals surface area contributed by atoms with Gasteiger partial charge in [-0.2, -0.15) is 13.2 Å². The molecule has 3 atom stereocenters. The predicted octanol–water partition coefficient (Wildman–Crippen LogP) is 2.20. The largest absolute Gasteiger partial charge is 0.467 e. The van der Waals surface area contributed by atoms with Crippen molar-refractivity contribution in [3.8, 4) is 0 Å². The van der Waals surface area contributed by atoms with Crippen molar-refractivity contribution >= 4 is 11.9 Å². The molecule has 1 N–H and O–H groups in total. The standard InChI is InChI=1S/C13H18F3NO3/c1-8-5-3-4-6-9(8)11(18)17-10(12(19)20-2)7-13(14,15)16/h3-4,8-10H,5-7H2,1-2H3,(H,17,18)/t8-,9-,10-/m1/s1. The molecule has 0 unspecified atom stereocenters. The summed E-state index contributed by atoms with van der Waals surface area (Å²) in [5.74, 6) is -2.01. The van der Waals surface area contributed by atoms with E-state index in [0.29, 0.717) is 12.8 Å². The molecule has 0 radical (unpaired) electrons. The van der Waals surface area contributed by atoms with Crippen molar-refractivity contribution in [3.05, 3.63) is 12.2 Å². The molecule has 1 rings (SSSR count). The highest BCUT2D eigenvalue weighted by atomic mass is 19.4. The van der Waals surface area contributed by atoms with Crippen molar-refractivity contribution < 1.29 is 27.5 Å². The highest BCUT2D eigenvalue weighted by molar-refractivity contribution is 5.86. The number of hydrogen-bond donors (Lipinski definition) is 1. The minimum atomic E-state index is -4.55. The number of nitrogens with one attached hydrogen (secondary N) is 1. The lowest BCUT2D eigenvalue weighted by molar-refractivity contribution is -0.162. The number of halogens is 3. The zero-order valence-electron chi connectivity index (χ0n) is 11.4. The van der Waals surface area contributed by atoms with Gasteiger partial charge < -0.3 is 10.1 Å². The lowest BCUT2D eigenvalue weighted by atomic mass is 9.83. The van der Waals surface area contributed by atoms with E-state index in [-0.39, 0.29) is 5.92 Å². The molecule has 0 aromatic carbocycles. The zero-order chi connectivity index (χ0) is 15.3. The fourth-order valence-corrected chi connectivity index (χ4v) is 2.16. The number of esters is 1. The van der Waals surface area contributed by atoms with Gasteiger partial charge in [0.1, 0.15) is 6.04 Å². The van der Waals surface area contributed by atoms with E-state index >= 15 is 0 Å². The molecule has 1 aliphatic rings. The topological polar surface area (TPSA) is 55.4 Å². The van der Waals surface area contributed by atoms with Gasteiger partial charge >= 0.3 is 12.1 Å². The highest BCUT2D eigenvalue weighted by Gasteiger charge is 2.38. The van der Waals surface area contributed by atoms with Gasteiger partial charge in [0.2, 0.25) is 5.91 Å². The van der Waals surface area contributed by atoms with E-state index in [1.54, 1.807) is 0 Å². The van der Waals surface area contributed by atoms with Crippen LogP contribution < -0.4 is 5.32 Å². The van der Waals surface area contributed by atoms with Crippen molar-refractivity contribution in [2.75, 3.05) is 7.11 Å². The Morgan fingerprint density at radius 2 is 1.95 bits per heavy atom. The average Bonchev–Trinajstić information content (AvgIpc) is 2.35. The fraction of sp³-hybridized carbons (Fsp3) is 0.692. The molecule has 0 saturated heterocycles. The van der Waals surface area contributed by atoms with Crippen LogP contribution in [0.3, 0.4) is 0 Å². The number of carbonyl (C=O) groups is 2. The summed E-state index contributed by atoms with van der Waals surface area (Å²) in [6.45, 7) is 1.85. The van der Waals surface area contributed by atoms with Crippen LogP contribution >= 0.6 is 0 Å². The van der Waals surface area contributed by atoms with Gasteiger partial charge in [0.15, 0.2) is 0 Å². The third kappa shape index (κ3) is 4.86. The lowest BCUT2D eigenvalue weighted by Crippen LogP contribution is -2.47. The van der Waals surface area contributed by atoms with Crippen LogP contribution in [0.25, 0.3) is 0 Å². The molecule has 20 heavy (non-hydrogen) atoms. The number of carbonyl (C=O) groups excluding carboxylic acids is 2. The zero-order valence-corrected chi connectivity index (χ0v) is 11.4. The molecule has 7 heteroatoms. The van der Waals surface area contributed by atoms with E-state index in [1.807, 2.05) is 19.1 Å². The molecule has 0 fully saturated rings. The van der Waals surface area contributed by atoms with Crippen molar-refractivity contribution in [2.24, 2.45) is 11.8 Å². The second-order valence-corrected chi connectivity index (χ2v) is 4.93. The molecule has 114 valence electrons. The Balaban J connectivity index is 2.71. The minimum absolute atomic E-state index is 0.0317. The van der Waals surface area contributed by atoms with E-state index in [2.05, 4.69) is 10.1 Å². The summed E-state index contributed by atoms with van der Waals surface area (Å²) < 4.78 is 41.5. The molecular formula is C13H18F3NO3. The summed E-state index contributed by atoms with van der Waals surface area (Å²) in [4.78, 5) is 23.3. The molecular weight excluding hydrogens is 275 g/mol. The van der Waals surface area contributed by atoms with Gasteiger partial charge in [-0.1, -0.05) is 19.1 Å². The van der Waals surface area contributed by atoms with Crippen molar-refractivity contribution in [1.82, 2.24) is 5.32 Å². The van der Waals surface area contributed by atoms with E-state index in [9.17, 15) is 22.8 Å². The Kier molecular flexibility index (Phi) is 5.59. The summed E-state index contributed by atoms with van der Waals surface area (Å²) in [5.41, 5.74) is 0. The molecule has 0 heterocycles. The van der Waals surface area contributed by atoms with E-state index < -0.39 is 36.4 Å². The molecule has 4 nitrogen and oxygen atoms in total. The molecule has 0 aliphatic heterocycles. The maximum absolute atomic E-state index is 12.4. The monoisotopic (exact) mass is 293 g/mol. The first-order valence-electron chi connectivity index (χ1n) is 6.34. The quantitative estimate of drug-likeness (QED) is 0.638. The van der Waals surface area contributed by atoms with Crippen molar-refractivity contribution in [3.63, 3.8) is 0 Å². The first-order valence-corrected chi connectivity index (χ1v) is 6.34. The first kappa shape index (κ1) is 16.5. The van der Waals surface area contributed by atoms with Gasteiger partial charge in [-0.15, -0.1) is 0 Å². The fourth-order valence-electron chi connectivity index (χ4n) is 2.16. The second kappa shape index (κ2) is 6.76. The number of allylic oxidation sites excluding steroid dienone is 2. The average molecular weight is 293 g/mol. The summed E-state index contributed by atoms with van der Waals surface area (Å²) in [6.07, 6.45) is -1.07. The van der Waals surface area contributed by atoms with Crippen LogP contribution in [-0.4, -0.2) is 31.2 Å². The Bertz CT molecular complexity index is 393. The van der Waals surface area contributed by atoms with Crippen LogP contribution in [0.5, 0.6) is 0 Å². The number of alkyl halides is 3. The van der Waals surface area contributed by atoms with E-state index in [4.69, 9.17) is 0 Å². The van der Waals surface area contributed by atoms with E-state index in [1.165, 1.54) is 0 Å². The molecule has 0 aromatic rings. The maximum atomic E-state index is 12.4. The van der Waals surface area contributed by atoms with Gasteiger partial charge in [0.25, 0.3) is 0 Å². The lowest BCUT2D eigenvalue weighted by Gasteiger charge is -2.26. The number of rotatable bonds is 4. The summed E-state index contributed by atoms with van der Waals surface area (Å²) in [6, 6.07) is -1.69. The number of amides is 1. The third-order valence-corrected chi connectivity index (χ3v) is 3.33. The molecule has 0 bridgehead atoms. The minimum Gasteiger partial charge on any atom is -0.467 e. The van der Waals surface area contributed by atoms with Crippen LogP contribution in [0.1, 0.15) is 26.2 Å². The summed E-state index contributed by atoms with van der Waals surface area (Å²) in [5, 5.41) is 2.16. The SMILES string of the molecule is COC(=O)[C@@H](CC(F)(F)F)NC(=O)[C@@H]1CC=CC[C@H]1C. The van der Waals surface area contributed by atoms with Gasteiger partial charge in [-0.25, -0.2) is 4.79 Å². The Morgan fingerprint density at radius 1 is 1.35 bits per heavy atom. The van der Waals surface area contributed by atoms with Crippen LogP contribution in [0.2, 0.25) is 0 Å². The first-order chi connectivity index (χ1) is 9.24. The van der Waals surface area contributed by atoms with Crippen molar-refractivity contribution in [2.45, 2.75) is 38.4 Å². The number of hydrogen-bond acceptors (Lipinski definition) is 3. The van der Waals surface area contributed by atoms with Gasteiger partial charge in [0.05, 0.1) is 13.5 Å². The van der Waals surface area contributed by atoms with Crippen LogP contribution in [0, 0.1) is 11.8 Å². The van der Waals surface area contributed by atoms with Crippen molar-refractivity contribution in [1.29, 1.82) is 0 Å². The normalized spacial score (nSPS) is 24.1. The van der Waals surface area contributed by atoms with E-state index in [0.717, 1.165) is 7.11 Å². The number of ether oxygens (including phenoxy) is 1. The predicted molar refractivity (Wildman–Crippen MR) is 65.6 cm³/mol. The molecule has 0 spiro atoms. The van der Waals surface area contributed by atoms with Crippen LogP contribution in [0.15, 0.2) is 12.2 Å².